The fraction of sp³-hybridized carbons (Fsp3) is 0.647. The largest absolute Gasteiger partial charge is 0.308 e. The molecule has 3 N–H and O–H groups in total. The van der Waals surface area contributed by atoms with Gasteiger partial charge in [0.2, 0.25) is 0 Å². The standard InChI is InChI=1S/C17H24N4O/c1-9(2)10-7-8-18-14(10)15-13-11-5-3-4-6-12(11)17(22)19-16(13)21-20-15/h9-10,14,18H,3-8H2,1-2H3,(H2,19,20,21,22). The highest BCUT2D eigenvalue weighted by atomic mass is 16.1. The minimum absolute atomic E-state index is 0.0556. The van der Waals surface area contributed by atoms with Crippen molar-refractivity contribution >= 4 is 11.0 Å². The smallest absolute Gasteiger partial charge is 0.253 e. The third kappa shape index (κ3) is 2.02. The molecule has 2 aromatic rings. The van der Waals surface area contributed by atoms with Crippen molar-refractivity contribution in [1.29, 1.82) is 0 Å². The first-order valence-corrected chi connectivity index (χ1v) is 8.52. The average Bonchev–Trinajstić information content (AvgIpc) is 3.13. The maximum Gasteiger partial charge on any atom is 0.253 e. The molecule has 0 aromatic carbocycles. The summed E-state index contributed by atoms with van der Waals surface area (Å²) < 4.78 is 0. The lowest BCUT2D eigenvalue weighted by atomic mass is 9.84. The van der Waals surface area contributed by atoms with Gasteiger partial charge >= 0.3 is 0 Å². The van der Waals surface area contributed by atoms with E-state index >= 15 is 0 Å². The molecule has 0 radical (unpaired) electrons. The van der Waals surface area contributed by atoms with Gasteiger partial charge in [-0.1, -0.05) is 13.8 Å². The molecule has 4 rings (SSSR count). The normalized spacial score (nSPS) is 25.0. The Kier molecular flexibility index (Phi) is 3.33. The van der Waals surface area contributed by atoms with Crippen LogP contribution in [0.3, 0.4) is 0 Å². The predicted octanol–water partition coefficient (Wildman–Crippen LogP) is 2.44. The molecule has 2 unspecified atom stereocenters. The van der Waals surface area contributed by atoms with Crippen LogP contribution in [0.1, 0.15) is 56.0 Å². The first-order chi connectivity index (χ1) is 10.7. The Morgan fingerprint density at radius 3 is 2.73 bits per heavy atom. The van der Waals surface area contributed by atoms with E-state index in [-0.39, 0.29) is 5.56 Å². The number of aromatic nitrogens is 3. The Morgan fingerprint density at radius 2 is 1.95 bits per heavy atom. The van der Waals surface area contributed by atoms with Gasteiger partial charge in [0.05, 0.1) is 11.7 Å². The van der Waals surface area contributed by atoms with Gasteiger partial charge in [0.25, 0.3) is 5.56 Å². The number of fused-ring (bicyclic) bond motifs is 3. The summed E-state index contributed by atoms with van der Waals surface area (Å²) in [6.07, 6.45) is 5.39. The molecule has 0 saturated carbocycles. The molecule has 3 heterocycles. The number of hydrogen-bond donors (Lipinski definition) is 3. The van der Waals surface area contributed by atoms with Crippen LogP contribution in [0.25, 0.3) is 11.0 Å². The highest BCUT2D eigenvalue weighted by molar-refractivity contribution is 5.83. The monoisotopic (exact) mass is 300 g/mol. The molecule has 2 aliphatic rings. The van der Waals surface area contributed by atoms with Gasteiger partial charge in [-0.3, -0.25) is 9.89 Å². The Hall–Kier alpha value is -1.62. The Balaban J connectivity index is 1.91. The molecule has 2 aromatic heterocycles. The van der Waals surface area contributed by atoms with Gasteiger partial charge in [-0.15, -0.1) is 0 Å². The van der Waals surface area contributed by atoms with E-state index in [1.807, 2.05) is 0 Å². The average molecular weight is 300 g/mol. The van der Waals surface area contributed by atoms with Gasteiger partial charge in [0, 0.05) is 10.9 Å². The molecule has 5 heteroatoms. The van der Waals surface area contributed by atoms with Crippen molar-refractivity contribution in [3.63, 3.8) is 0 Å². The Bertz CT molecular complexity index is 758. The molecule has 1 aliphatic carbocycles. The summed E-state index contributed by atoms with van der Waals surface area (Å²) >= 11 is 0. The number of aryl methyl sites for hydroxylation is 1. The van der Waals surface area contributed by atoms with Crippen molar-refractivity contribution in [3.8, 4) is 0 Å². The minimum Gasteiger partial charge on any atom is -0.308 e. The number of aromatic amines is 2. The Morgan fingerprint density at radius 1 is 1.18 bits per heavy atom. The van der Waals surface area contributed by atoms with E-state index in [1.165, 1.54) is 29.5 Å². The quantitative estimate of drug-likeness (QED) is 0.797. The van der Waals surface area contributed by atoms with Crippen LogP contribution in [0, 0.1) is 11.8 Å². The van der Waals surface area contributed by atoms with Crippen molar-refractivity contribution < 1.29 is 0 Å². The second-order valence-electron chi connectivity index (χ2n) is 7.11. The third-order valence-corrected chi connectivity index (χ3v) is 5.51. The number of nitrogens with one attached hydrogen (secondary N) is 3. The van der Waals surface area contributed by atoms with Crippen molar-refractivity contribution in [2.24, 2.45) is 11.8 Å². The van der Waals surface area contributed by atoms with Gasteiger partial charge in [0.1, 0.15) is 0 Å². The number of nitrogens with zero attached hydrogens (tertiary/aromatic N) is 1. The van der Waals surface area contributed by atoms with E-state index in [0.29, 0.717) is 17.9 Å². The zero-order valence-electron chi connectivity index (χ0n) is 13.3. The summed E-state index contributed by atoms with van der Waals surface area (Å²) in [5, 5.41) is 12.5. The maximum atomic E-state index is 12.3. The van der Waals surface area contributed by atoms with Crippen LogP contribution >= 0.6 is 0 Å². The molecule has 1 fully saturated rings. The maximum absolute atomic E-state index is 12.3. The van der Waals surface area contributed by atoms with E-state index < -0.39 is 0 Å². The molecule has 1 saturated heterocycles. The van der Waals surface area contributed by atoms with Crippen LogP contribution < -0.4 is 10.9 Å². The highest BCUT2D eigenvalue weighted by Gasteiger charge is 2.34. The molecular weight excluding hydrogens is 276 g/mol. The molecule has 0 bridgehead atoms. The first-order valence-electron chi connectivity index (χ1n) is 8.52. The fourth-order valence-electron chi connectivity index (χ4n) is 4.35. The molecule has 1 aliphatic heterocycles. The number of pyridine rings is 1. The molecular formula is C17H24N4O. The second-order valence-corrected chi connectivity index (χ2v) is 7.11. The van der Waals surface area contributed by atoms with Crippen LogP contribution in [0.4, 0.5) is 0 Å². The van der Waals surface area contributed by atoms with Crippen LogP contribution in [0.15, 0.2) is 4.79 Å². The van der Waals surface area contributed by atoms with E-state index in [2.05, 4.69) is 34.3 Å². The molecule has 5 nitrogen and oxygen atoms in total. The van der Waals surface area contributed by atoms with Gasteiger partial charge in [-0.05, 0) is 56.0 Å². The summed E-state index contributed by atoms with van der Waals surface area (Å²) in [6.45, 7) is 5.64. The number of hydrogen-bond acceptors (Lipinski definition) is 3. The first kappa shape index (κ1) is 14.0. The topological polar surface area (TPSA) is 73.6 Å². The predicted molar refractivity (Wildman–Crippen MR) is 87.0 cm³/mol. The van der Waals surface area contributed by atoms with Crippen LogP contribution in [0.5, 0.6) is 0 Å². The summed E-state index contributed by atoms with van der Waals surface area (Å²) in [5.74, 6) is 1.26. The van der Waals surface area contributed by atoms with Crippen LogP contribution in [-0.2, 0) is 12.8 Å². The summed E-state index contributed by atoms with van der Waals surface area (Å²) in [5.41, 5.74) is 4.20. The van der Waals surface area contributed by atoms with E-state index in [4.69, 9.17) is 0 Å². The van der Waals surface area contributed by atoms with E-state index in [9.17, 15) is 4.79 Å². The lowest BCUT2D eigenvalue weighted by Crippen LogP contribution is -2.23. The SMILES string of the molecule is CC(C)C1CCNC1c1[nH]nc2[nH]c(=O)c3c(c12)CCCC3. The highest BCUT2D eigenvalue weighted by Crippen LogP contribution is 2.38. The van der Waals surface area contributed by atoms with Crippen molar-refractivity contribution in [3.05, 3.63) is 27.2 Å². The summed E-state index contributed by atoms with van der Waals surface area (Å²) in [4.78, 5) is 15.2. The summed E-state index contributed by atoms with van der Waals surface area (Å²) in [6, 6.07) is 0.321. The van der Waals surface area contributed by atoms with Crippen LogP contribution in [0.2, 0.25) is 0 Å². The molecule has 0 amide bonds. The fourth-order valence-corrected chi connectivity index (χ4v) is 4.35. The van der Waals surface area contributed by atoms with Crippen molar-refractivity contribution in [2.45, 2.75) is 52.0 Å². The number of rotatable bonds is 2. The van der Waals surface area contributed by atoms with Crippen molar-refractivity contribution in [2.75, 3.05) is 6.54 Å². The van der Waals surface area contributed by atoms with Crippen LogP contribution in [-0.4, -0.2) is 21.7 Å². The molecule has 0 spiro atoms. The summed E-state index contributed by atoms with van der Waals surface area (Å²) in [7, 11) is 0. The number of H-pyrrole nitrogens is 2. The molecule has 22 heavy (non-hydrogen) atoms. The van der Waals surface area contributed by atoms with Gasteiger partial charge in [0.15, 0.2) is 5.65 Å². The minimum atomic E-state index is 0.0556. The molecule has 118 valence electrons. The third-order valence-electron chi connectivity index (χ3n) is 5.51. The van der Waals surface area contributed by atoms with E-state index in [1.54, 1.807) is 0 Å². The lowest BCUT2D eigenvalue weighted by molar-refractivity contribution is 0.343. The van der Waals surface area contributed by atoms with Gasteiger partial charge < -0.3 is 10.3 Å². The second kappa shape index (κ2) is 5.23. The zero-order chi connectivity index (χ0) is 15.3. The van der Waals surface area contributed by atoms with Gasteiger partial charge in [-0.2, -0.15) is 5.10 Å². The zero-order valence-corrected chi connectivity index (χ0v) is 13.3. The lowest BCUT2D eigenvalue weighted by Gasteiger charge is -2.23. The van der Waals surface area contributed by atoms with Gasteiger partial charge in [-0.25, -0.2) is 0 Å². The Labute approximate surface area is 129 Å². The van der Waals surface area contributed by atoms with E-state index in [0.717, 1.165) is 37.0 Å². The molecule has 2 atom stereocenters. The van der Waals surface area contributed by atoms with Crippen molar-refractivity contribution in [1.82, 2.24) is 20.5 Å².